The third-order valence-electron chi connectivity index (χ3n) is 3.72. The van der Waals surface area contributed by atoms with E-state index in [0.29, 0.717) is 18.0 Å². The Bertz CT molecular complexity index is 573. The third kappa shape index (κ3) is 3.10. The Morgan fingerprint density at radius 3 is 2.33 bits per heavy atom. The van der Waals surface area contributed by atoms with Crippen molar-refractivity contribution < 1.29 is 9.84 Å². The van der Waals surface area contributed by atoms with E-state index >= 15 is 0 Å². The number of benzene rings is 1. The van der Waals surface area contributed by atoms with Gasteiger partial charge in [-0.2, -0.15) is 5.10 Å². The van der Waals surface area contributed by atoms with Gasteiger partial charge >= 0.3 is 0 Å². The van der Waals surface area contributed by atoms with E-state index < -0.39 is 6.10 Å². The predicted molar refractivity (Wildman–Crippen MR) is 83.7 cm³/mol. The number of methoxy groups -OCH3 is 1. The first-order valence-corrected chi connectivity index (χ1v) is 7.26. The number of nitrogens with zero attached hydrogens (tertiary/aromatic N) is 2. The van der Waals surface area contributed by atoms with Crippen LogP contribution in [0.1, 0.15) is 50.6 Å². The van der Waals surface area contributed by atoms with Crippen molar-refractivity contribution in [1.82, 2.24) is 9.78 Å². The van der Waals surface area contributed by atoms with Crippen molar-refractivity contribution in [3.8, 4) is 5.75 Å². The maximum Gasteiger partial charge on any atom is 0.163 e. The van der Waals surface area contributed by atoms with Crippen LogP contribution in [0.2, 0.25) is 0 Å². The Balaban J connectivity index is 2.36. The van der Waals surface area contributed by atoms with E-state index in [-0.39, 0.29) is 5.41 Å². The second kappa shape index (κ2) is 5.90. The van der Waals surface area contributed by atoms with Gasteiger partial charge in [0.1, 0.15) is 11.8 Å². The number of rotatable bonds is 4. The van der Waals surface area contributed by atoms with Gasteiger partial charge in [-0.15, -0.1) is 0 Å². The molecule has 0 radical (unpaired) electrons. The number of hydrogen-bond donors (Lipinski definition) is 1. The van der Waals surface area contributed by atoms with Crippen molar-refractivity contribution in [2.45, 2.75) is 45.8 Å². The monoisotopic (exact) mass is 288 g/mol. The van der Waals surface area contributed by atoms with Crippen LogP contribution in [-0.4, -0.2) is 22.0 Å². The molecule has 0 saturated carbocycles. The molecule has 0 aliphatic heterocycles. The van der Waals surface area contributed by atoms with Crippen molar-refractivity contribution in [3.05, 3.63) is 47.3 Å². The van der Waals surface area contributed by atoms with Gasteiger partial charge in [-0.25, -0.2) is 0 Å². The first-order chi connectivity index (χ1) is 9.88. The Morgan fingerprint density at radius 1 is 1.24 bits per heavy atom. The van der Waals surface area contributed by atoms with Crippen LogP contribution in [-0.2, 0) is 12.0 Å². The zero-order valence-corrected chi connectivity index (χ0v) is 13.4. The normalized spacial score (nSPS) is 13.2. The zero-order chi connectivity index (χ0) is 15.6. The first kappa shape index (κ1) is 15.6. The smallest absolute Gasteiger partial charge is 0.163 e. The minimum absolute atomic E-state index is 0.104. The molecule has 1 heterocycles. The van der Waals surface area contributed by atoms with Crippen molar-refractivity contribution in [1.29, 1.82) is 0 Å². The van der Waals surface area contributed by atoms with Gasteiger partial charge in [0.2, 0.25) is 0 Å². The van der Waals surface area contributed by atoms with Crippen LogP contribution in [0.25, 0.3) is 0 Å². The highest BCUT2D eigenvalue weighted by Crippen LogP contribution is 2.31. The second-order valence-corrected chi connectivity index (χ2v) is 6.19. The summed E-state index contributed by atoms with van der Waals surface area (Å²) >= 11 is 0. The lowest BCUT2D eigenvalue weighted by atomic mass is 9.86. The van der Waals surface area contributed by atoms with Crippen LogP contribution in [0.15, 0.2) is 30.5 Å². The van der Waals surface area contributed by atoms with Gasteiger partial charge in [0, 0.05) is 6.54 Å². The number of aromatic nitrogens is 2. The summed E-state index contributed by atoms with van der Waals surface area (Å²) in [6.07, 6.45) is 0.905. The molecular weight excluding hydrogens is 264 g/mol. The van der Waals surface area contributed by atoms with Gasteiger partial charge in [0.05, 0.1) is 13.3 Å². The van der Waals surface area contributed by atoms with E-state index in [2.05, 4.69) is 38.0 Å². The molecule has 114 valence electrons. The molecule has 1 unspecified atom stereocenters. The molecule has 0 aliphatic carbocycles. The highest BCUT2D eigenvalue weighted by atomic mass is 16.5. The minimum Gasteiger partial charge on any atom is -0.493 e. The van der Waals surface area contributed by atoms with Crippen molar-refractivity contribution in [3.63, 3.8) is 0 Å². The number of aliphatic hydroxyl groups excluding tert-OH is 1. The molecule has 1 N–H and O–H groups in total. The number of ether oxygens (including phenoxy) is 1. The molecular formula is C17H24N2O2. The van der Waals surface area contributed by atoms with Crippen molar-refractivity contribution in [2.24, 2.45) is 0 Å². The van der Waals surface area contributed by atoms with Crippen molar-refractivity contribution in [2.75, 3.05) is 7.11 Å². The summed E-state index contributed by atoms with van der Waals surface area (Å²) in [5, 5.41) is 14.9. The Kier molecular flexibility index (Phi) is 4.37. The predicted octanol–water partition coefficient (Wildman–Crippen LogP) is 3.29. The fraction of sp³-hybridized carbons (Fsp3) is 0.471. The number of aryl methyl sites for hydroxylation is 1. The molecule has 0 bridgehead atoms. The topological polar surface area (TPSA) is 47.3 Å². The molecule has 1 aromatic heterocycles. The van der Waals surface area contributed by atoms with Crippen LogP contribution in [0.3, 0.4) is 0 Å². The summed E-state index contributed by atoms with van der Waals surface area (Å²) in [6.45, 7) is 9.20. The van der Waals surface area contributed by atoms with E-state index in [9.17, 15) is 5.11 Å². The van der Waals surface area contributed by atoms with Crippen LogP contribution in [0, 0.1) is 0 Å². The maximum absolute atomic E-state index is 10.7. The van der Waals surface area contributed by atoms with Gasteiger partial charge in [-0.05, 0) is 23.5 Å². The largest absolute Gasteiger partial charge is 0.493 e. The van der Waals surface area contributed by atoms with Crippen LogP contribution in [0.5, 0.6) is 5.75 Å². The summed E-state index contributed by atoms with van der Waals surface area (Å²) < 4.78 is 7.07. The summed E-state index contributed by atoms with van der Waals surface area (Å²) in [5.74, 6) is 0.615. The molecule has 2 rings (SSSR count). The van der Waals surface area contributed by atoms with Crippen LogP contribution < -0.4 is 4.74 Å². The van der Waals surface area contributed by atoms with E-state index in [1.165, 1.54) is 5.56 Å². The van der Waals surface area contributed by atoms with Crippen molar-refractivity contribution >= 4 is 0 Å². The molecule has 21 heavy (non-hydrogen) atoms. The van der Waals surface area contributed by atoms with E-state index in [1.807, 2.05) is 19.1 Å². The molecule has 1 atom stereocenters. The summed E-state index contributed by atoms with van der Waals surface area (Å²) in [5.41, 5.74) is 2.89. The average molecular weight is 288 g/mol. The third-order valence-corrected chi connectivity index (χ3v) is 3.72. The number of hydrogen-bond acceptors (Lipinski definition) is 3. The molecule has 0 fully saturated rings. The highest BCUT2D eigenvalue weighted by molar-refractivity contribution is 5.37. The number of aliphatic hydroxyl groups is 1. The molecule has 0 amide bonds. The fourth-order valence-corrected chi connectivity index (χ4v) is 2.39. The maximum atomic E-state index is 10.7. The Labute approximate surface area is 126 Å². The van der Waals surface area contributed by atoms with Gasteiger partial charge in [0.25, 0.3) is 0 Å². The lowest BCUT2D eigenvalue weighted by Gasteiger charge is -2.20. The van der Waals surface area contributed by atoms with Gasteiger partial charge in [-0.3, -0.25) is 4.68 Å². The van der Waals surface area contributed by atoms with Gasteiger partial charge in [0.15, 0.2) is 5.75 Å². The van der Waals surface area contributed by atoms with E-state index in [4.69, 9.17) is 4.74 Å². The average Bonchev–Trinajstić information content (AvgIpc) is 2.88. The Hall–Kier alpha value is -1.81. The summed E-state index contributed by atoms with van der Waals surface area (Å²) in [4.78, 5) is 0. The zero-order valence-electron chi connectivity index (χ0n) is 13.4. The van der Waals surface area contributed by atoms with Gasteiger partial charge in [-0.1, -0.05) is 45.0 Å². The lowest BCUT2D eigenvalue weighted by molar-refractivity contribution is 0.202. The molecule has 4 nitrogen and oxygen atoms in total. The van der Waals surface area contributed by atoms with E-state index in [1.54, 1.807) is 18.0 Å². The minimum atomic E-state index is -0.739. The van der Waals surface area contributed by atoms with Gasteiger partial charge < -0.3 is 9.84 Å². The fourth-order valence-electron chi connectivity index (χ4n) is 2.39. The molecule has 1 aromatic carbocycles. The SMILES string of the molecule is CCn1ncc(OC)c1C(O)c1ccc(C(C)(C)C)cc1. The van der Waals surface area contributed by atoms with E-state index in [0.717, 1.165) is 5.56 Å². The van der Waals surface area contributed by atoms with Crippen LogP contribution in [0.4, 0.5) is 0 Å². The summed E-state index contributed by atoms with van der Waals surface area (Å²) in [7, 11) is 1.59. The highest BCUT2D eigenvalue weighted by Gasteiger charge is 2.22. The molecule has 0 spiro atoms. The van der Waals surface area contributed by atoms with Crippen LogP contribution >= 0.6 is 0 Å². The first-order valence-electron chi connectivity index (χ1n) is 7.26. The molecule has 4 heteroatoms. The Morgan fingerprint density at radius 2 is 1.86 bits per heavy atom. The molecule has 2 aromatic rings. The quantitative estimate of drug-likeness (QED) is 0.939. The molecule has 0 saturated heterocycles. The lowest BCUT2D eigenvalue weighted by Crippen LogP contribution is -2.13. The molecule has 0 aliphatic rings. The standard InChI is InChI=1S/C17H24N2O2/c1-6-19-15(14(21-5)11-18-19)16(20)12-7-9-13(10-8-12)17(2,3)4/h7-11,16,20H,6H2,1-5H3. The summed E-state index contributed by atoms with van der Waals surface area (Å²) in [6, 6.07) is 8.07. The second-order valence-electron chi connectivity index (χ2n) is 6.19.